The molecule has 0 aliphatic carbocycles. The van der Waals surface area contributed by atoms with Crippen LogP contribution in [0.5, 0.6) is 0 Å². The molecule has 2 amide bonds. The summed E-state index contributed by atoms with van der Waals surface area (Å²) < 4.78 is 5.28. The first-order valence-electron chi connectivity index (χ1n) is 6.94. The fourth-order valence-corrected chi connectivity index (χ4v) is 2.71. The molecular weight excluding hydrogens is 256 g/mol. The fraction of sp³-hybridized carbons (Fsp3) is 0.467. The molecule has 5 nitrogen and oxygen atoms in total. The third kappa shape index (κ3) is 2.29. The van der Waals surface area contributed by atoms with Crippen molar-refractivity contribution in [3.63, 3.8) is 0 Å². The van der Waals surface area contributed by atoms with Gasteiger partial charge in [-0.15, -0.1) is 0 Å². The van der Waals surface area contributed by atoms with Gasteiger partial charge < -0.3 is 15.0 Å². The molecule has 2 atom stereocenters. The zero-order valence-electron chi connectivity index (χ0n) is 11.5. The summed E-state index contributed by atoms with van der Waals surface area (Å²) in [5.41, 5.74) is 1.76. The molecule has 1 aromatic carbocycles. The number of rotatable bonds is 1. The van der Waals surface area contributed by atoms with Crippen LogP contribution in [-0.2, 0) is 20.9 Å². The Bertz CT molecular complexity index is 538. The van der Waals surface area contributed by atoms with E-state index in [0.717, 1.165) is 17.7 Å². The first-order valence-corrected chi connectivity index (χ1v) is 6.94. The summed E-state index contributed by atoms with van der Waals surface area (Å²) in [6.45, 7) is 3.33. The summed E-state index contributed by atoms with van der Waals surface area (Å²) in [5.74, 6) is -0.236. The first kappa shape index (κ1) is 13.1. The van der Waals surface area contributed by atoms with Crippen LogP contribution in [0, 0.1) is 5.92 Å². The molecule has 3 rings (SSSR count). The standard InChI is InChI=1S/C15H18N2O3/c1-10-14(18)16-13-5-3-2-4-11(13)8-17(10)15(19)12-6-7-20-9-12/h2-5,10,12H,6-9H2,1H3,(H,16,18). The van der Waals surface area contributed by atoms with E-state index in [0.29, 0.717) is 19.8 Å². The zero-order chi connectivity index (χ0) is 14.1. The molecule has 1 fully saturated rings. The van der Waals surface area contributed by atoms with Crippen molar-refractivity contribution in [1.29, 1.82) is 0 Å². The lowest BCUT2D eigenvalue weighted by Gasteiger charge is -2.28. The fourth-order valence-electron chi connectivity index (χ4n) is 2.71. The molecular formula is C15H18N2O3. The molecule has 1 aromatic rings. The van der Waals surface area contributed by atoms with E-state index in [-0.39, 0.29) is 17.7 Å². The number of fused-ring (bicyclic) bond motifs is 1. The highest BCUT2D eigenvalue weighted by atomic mass is 16.5. The van der Waals surface area contributed by atoms with E-state index in [9.17, 15) is 9.59 Å². The van der Waals surface area contributed by atoms with Gasteiger partial charge in [0.2, 0.25) is 11.8 Å². The molecule has 5 heteroatoms. The van der Waals surface area contributed by atoms with E-state index in [1.165, 1.54) is 0 Å². The lowest BCUT2D eigenvalue weighted by molar-refractivity contribution is -0.142. The van der Waals surface area contributed by atoms with E-state index < -0.39 is 6.04 Å². The van der Waals surface area contributed by atoms with E-state index in [1.807, 2.05) is 24.3 Å². The van der Waals surface area contributed by atoms with E-state index in [1.54, 1.807) is 11.8 Å². The van der Waals surface area contributed by atoms with Gasteiger partial charge in [0.05, 0.1) is 12.5 Å². The number of hydrogen-bond donors (Lipinski definition) is 1. The molecule has 106 valence electrons. The van der Waals surface area contributed by atoms with Gasteiger partial charge in [-0.25, -0.2) is 0 Å². The number of anilines is 1. The Morgan fingerprint density at radius 1 is 1.40 bits per heavy atom. The highest BCUT2D eigenvalue weighted by Crippen LogP contribution is 2.25. The summed E-state index contributed by atoms with van der Waals surface area (Å²) in [5, 5.41) is 2.88. The lowest BCUT2D eigenvalue weighted by atomic mass is 10.1. The number of ether oxygens (including phenoxy) is 1. The average molecular weight is 274 g/mol. The monoisotopic (exact) mass is 274 g/mol. The smallest absolute Gasteiger partial charge is 0.246 e. The van der Waals surface area contributed by atoms with Crippen molar-refractivity contribution in [2.24, 2.45) is 5.92 Å². The van der Waals surface area contributed by atoms with E-state index >= 15 is 0 Å². The van der Waals surface area contributed by atoms with Gasteiger partial charge in [-0.3, -0.25) is 9.59 Å². The molecule has 2 aliphatic heterocycles. The number of carbonyl (C=O) groups is 2. The summed E-state index contributed by atoms with van der Waals surface area (Å²) >= 11 is 0. The van der Waals surface area contributed by atoms with Gasteiger partial charge >= 0.3 is 0 Å². The van der Waals surface area contributed by atoms with Crippen molar-refractivity contribution in [3.8, 4) is 0 Å². The third-order valence-corrected chi connectivity index (χ3v) is 4.02. The van der Waals surface area contributed by atoms with Gasteiger partial charge in [0, 0.05) is 18.8 Å². The second kappa shape index (κ2) is 5.25. The minimum absolute atomic E-state index is 0.0156. The Morgan fingerprint density at radius 2 is 2.20 bits per heavy atom. The summed E-state index contributed by atoms with van der Waals surface area (Å²) in [4.78, 5) is 26.4. The second-order valence-electron chi connectivity index (χ2n) is 5.35. The van der Waals surface area contributed by atoms with E-state index in [4.69, 9.17) is 4.74 Å². The molecule has 0 bridgehead atoms. The van der Waals surface area contributed by atoms with Crippen molar-refractivity contribution < 1.29 is 14.3 Å². The minimum atomic E-state index is -0.463. The minimum Gasteiger partial charge on any atom is -0.381 e. The highest BCUT2D eigenvalue weighted by Gasteiger charge is 2.35. The number of carbonyl (C=O) groups excluding carboxylic acids is 2. The topological polar surface area (TPSA) is 58.6 Å². The quantitative estimate of drug-likeness (QED) is 0.842. The number of nitrogens with zero attached hydrogens (tertiary/aromatic N) is 1. The Balaban J connectivity index is 1.89. The predicted octanol–water partition coefficient (Wildman–Crippen LogP) is 1.39. The number of para-hydroxylation sites is 1. The lowest BCUT2D eigenvalue weighted by Crippen LogP contribution is -2.46. The molecule has 20 heavy (non-hydrogen) atoms. The van der Waals surface area contributed by atoms with Gasteiger partial charge in [0.25, 0.3) is 0 Å². The molecule has 2 heterocycles. The maximum absolute atomic E-state index is 12.6. The third-order valence-electron chi connectivity index (χ3n) is 4.02. The maximum Gasteiger partial charge on any atom is 0.246 e. The Hall–Kier alpha value is -1.88. The molecule has 0 radical (unpaired) electrons. The van der Waals surface area contributed by atoms with Crippen LogP contribution in [0.2, 0.25) is 0 Å². The SMILES string of the molecule is CC1C(=O)Nc2ccccc2CN1C(=O)C1CCOC1. The van der Waals surface area contributed by atoms with Crippen molar-refractivity contribution in [2.75, 3.05) is 18.5 Å². The molecule has 1 N–H and O–H groups in total. The average Bonchev–Trinajstić information content (AvgIpc) is 2.95. The zero-order valence-corrected chi connectivity index (χ0v) is 11.5. The number of hydrogen-bond acceptors (Lipinski definition) is 3. The first-order chi connectivity index (χ1) is 9.66. The van der Waals surface area contributed by atoms with Crippen molar-refractivity contribution in [3.05, 3.63) is 29.8 Å². The number of nitrogens with one attached hydrogen (secondary N) is 1. The van der Waals surface area contributed by atoms with Gasteiger partial charge in [-0.05, 0) is 25.0 Å². The van der Waals surface area contributed by atoms with Crippen molar-refractivity contribution in [1.82, 2.24) is 4.90 Å². The highest BCUT2D eigenvalue weighted by molar-refractivity contribution is 5.98. The van der Waals surface area contributed by atoms with Crippen LogP contribution in [0.25, 0.3) is 0 Å². The summed E-state index contributed by atoms with van der Waals surface area (Å²) in [7, 11) is 0. The van der Waals surface area contributed by atoms with Gasteiger partial charge in [-0.2, -0.15) is 0 Å². The van der Waals surface area contributed by atoms with Crippen LogP contribution < -0.4 is 5.32 Å². The van der Waals surface area contributed by atoms with Crippen molar-refractivity contribution in [2.45, 2.75) is 25.9 Å². The Morgan fingerprint density at radius 3 is 2.95 bits per heavy atom. The molecule has 0 spiro atoms. The molecule has 2 aliphatic rings. The largest absolute Gasteiger partial charge is 0.381 e. The van der Waals surface area contributed by atoms with Crippen LogP contribution in [0.4, 0.5) is 5.69 Å². The second-order valence-corrected chi connectivity index (χ2v) is 5.35. The van der Waals surface area contributed by atoms with Crippen LogP contribution in [0.15, 0.2) is 24.3 Å². The van der Waals surface area contributed by atoms with E-state index in [2.05, 4.69) is 5.32 Å². The Kier molecular flexibility index (Phi) is 3.44. The number of benzene rings is 1. The molecule has 0 saturated carbocycles. The van der Waals surface area contributed by atoms with Crippen molar-refractivity contribution >= 4 is 17.5 Å². The molecule has 1 saturated heterocycles. The van der Waals surface area contributed by atoms with Gasteiger partial charge in [0.1, 0.15) is 6.04 Å². The molecule has 0 aromatic heterocycles. The van der Waals surface area contributed by atoms with Gasteiger partial charge in [-0.1, -0.05) is 18.2 Å². The van der Waals surface area contributed by atoms with Gasteiger partial charge in [0.15, 0.2) is 0 Å². The number of amides is 2. The predicted molar refractivity (Wildman–Crippen MR) is 74.0 cm³/mol. The maximum atomic E-state index is 12.6. The summed E-state index contributed by atoms with van der Waals surface area (Å²) in [6, 6.07) is 7.15. The van der Waals surface area contributed by atoms with Crippen LogP contribution in [0.1, 0.15) is 18.9 Å². The van der Waals surface area contributed by atoms with Crippen LogP contribution >= 0.6 is 0 Å². The summed E-state index contributed by atoms with van der Waals surface area (Å²) in [6.07, 6.45) is 0.741. The Labute approximate surface area is 117 Å². The molecule has 2 unspecified atom stereocenters. The van der Waals surface area contributed by atoms with Crippen LogP contribution in [-0.4, -0.2) is 36.0 Å². The van der Waals surface area contributed by atoms with Crippen LogP contribution in [0.3, 0.4) is 0 Å². The normalized spacial score (nSPS) is 25.9.